The van der Waals surface area contributed by atoms with E-state index in [-0.39, 0.29) is 96.5 Å². The Morgan fingerprint density at radius 1 is 0.322 bits per heavy atom. The summed E-state index contributed by atoms with van der Waals surface area (Å²) < 4.78 is 213. The summed E-state index contributed by atoms with van der Waals surface area (Å²) in [5, 5.41) is -1.47. The lowest BCUT2D eigenvalue weighted by atomic mass is 9.81. The Balaban J connectivity index is 1.18. The molecule has 10 aromatic rings. The smallest absolute Gasteiger partial charge is 0.417 e. The van der Waals surface area contributed by atoms with E-state index in [2.05, 4.69) is 0 Å². The minimum atomic E-state index is -5.82. The van der Waals surface area contributed by atoms with Crippen LogP contribution >= 0.6 is 92.8 Å². The van der Waals surface area contributed by atoms with Crippen LogP contribution in [-0.4, -0.2) is 7.11 Å². The second-order valence-electron chi connectivity index (χ2n) is 20.7. The molecule has 22 heteroatoms. The second kappa shape index (κ2) is 24.8. The predicted octanol–water partition coefficient (Wildman–Crippen LogP) is 26.8. The summed E-state index contributed by atoms with van der Waals surface area (Å²) in [6.45, 7) is 5.86. The molecule has 0 N–H and O–H groups in total. The number of alkyl halides is 9. The SMILES string of the molecule is COc1ccc(-c2c(-c3c(C(F)(F)F)ccc(-c4cc(-c5ccc(Cl)cc5Cl)c(F)c(-c5cc(Cl)cc(Cl)c5)c4F)c3C(F)(F)F)ccc(C)c2F)c(C)c1-c1ccc(-c2ccc(Cl)c(-c3ccc(Cl)c(-c4cccc(C(F)(F)F)c4Cl)c3F)c2C)c(Cl)c1C. The third-order valence-electron chi connectivity index (χ3n) is 15.5. The van der Waals surface area contributed by atoms with Crippen LogP contribution in [0.25, 0.3) is 100 Å². The summed E-state index contributed by atoms with van der Waals surface area (Å²) in [6, 6.07) is 24.5. The van der Waals surface area contributed by atoms with Gasteiger partial charge in [-0.25, -0.2) is 17.6 Å². The third kappa shape index (κ3) is 11.9. The molecule has 0 aromatic heterocycles. The van der Waals surface area contributed by atoms with Crippen molar-refractivity contribution >= 4 is 92.8 Å². The Bertz CT molecular complexity index is 4610. The average molecular weight is 1400 g/mol. The third-order valence-corrected chi connectivity index (χ3v) is 18.0. The molecule has 0 bridgehead atoms. The van der Waals surface area contributed by atoms with Gasteiger partial charge < -0.3 is 4.74 Å². The summed E-state index contributed by atoms with van der Waals surface area (Å²) in [5.41, 5.74) is -12.4. The van der Waals surface area contributed by atoms with Crippen LogP contribution in [-0.2, 0) is 18.5 Å². The molecule has 0 saturated heterocycles. The molecule has 462 valence electrons. The Morgan fingerprint density at radius 2 is 0.844 bits per heavy atom. The van der Waals surface area contributed by atoms with Crippen molar-refractivity contribution in [1.82, 2.24) is 0 Å². The molecule has 0 atom stereocenters. The highest BCUT2D eigenvalue weighted by Gasteiger charge is 2.45. The molecule has 0 aliphatic heterocycles. The lowest BCUT2D eigenvalue weighted by molar-refractivity contribution is -0.142. The van der Waals surface area contributed by atoms with Crippen LogP contribution in [0.1, 0.15) is 38.9 Å². The first-order chi connectivity index (χ1) is 42.2. The van der Waals surface area contributed by atoms with E-state index in [0.717, 1.165) is 36.4 Å². The van der Waals surface area contributed by atoms with Crippen molar-refractivity contribution in [3.05, 3.63) is 236 Å². The van der Waals surface area contributed by atoms with Gasteiger partial charge in [-0.2, -0.15) is 39.5 Å². The molecular weight excluding hydrogens is 1360 g/mol. The van der Waals surface area contributed by atoms with Crippen LogP contribution in [0.5, 0.6) is 5.75 Å². The first-order valence-corrected chi connectivity index (χ1v) is 29.4. The molecule has 0 unspecified atom stereocenters. The Kier molecular flexibility index (Phi) is 18.3. The molecule has 0 spiro atoms. The number of halogens is 21. The molecule has 0 aliphatic rings. The predicted molar refractivity (Wildman–Crippen MR) is 336 cm³/mol. The molecule has 90 heavy (non-hydrogen) atoms. The van der Waals surface area contributed by atoms with Gasteiger partial charge in [0.05, 0.1) is 44.4 Å². The van der Waals surface area contributed by atoms with Crippen LogP contribution in [0.15, 0.2) is 133 Å². The first kappa shape index (κ1) is 66.3. The molecule has 10 rings (SSSR count). The van der Waals surface area contributed by atoms with Crippen molar-refractivity contribution in [2.24, 2.45) is 0 Å². The number of hydrogen-bond donors (Lipinski definition) is 0. The van der Waals surface area contributed by atoms with E-state index in [1.165, 1.54) is 81.6 Å². The average Bonchev–Trinajstić information content (AvgIpc) is 0.734. The number of methoxy groups -OCH3 is 1. The van der Waals surface area contributed by atoms with Crippen LogP contribution in [0, 0.1) is 51.0 Å². The van der Waals surface area contributed by atoms with Crippen molar-refractivity contribution < 1.29 is 61.8 Å². The van der Waals surface area contributed by atoms with Gasteiger partial charge in [0.15, 0.2) is 0 Å². The van der Waals surface area contributed by atoms with E-state index in [0.29, 0.717) is 40.5 Å². The van der Waals surface area contributed by atoms with E-state index in [4.69, 9.17) is 97.5 Å². The van der Waals surface area contributed by atoms with E-state index in [9.17, 15) is 13.2 Å². The van der Waals surface area contributed by atoms with Gasteiger partial charge in [0.2, 0.25) is 0 Å². The number of benzene rings is 10. The first-order valence-electron chi connectivity index (χ1n) is 26.3. The van der Waals surface area contributed by atoms with Crippen LogP contribution in [0.2, 0.25) is 40.2 Å². The summed E-state index contributed by atoms with van der Waals surface area (Å²) in [4.78, 5) is 0. The molecule has 1 nitrogen and oxygen atoms in total. The number of aryl methyl sites for hydroxylation is 1. The minimum Gasteiger partial charge on any atom is -0.496 e. The molecular formula is C68H37Cl8F13O. The highest BCUT2D eigenvalue weighted by Crippen LogP contribution is 2.56. The number of ether oxygens (including phenoxy) is 1. The van der Waals surface area contributed by atoms with Gasteiger partial charge in [-0.3, -0.25) is 0 Å². The van der Waals surface area contributed by atoms with Crippen LogP contribution in [0.4, 0.5) is 57.1 Å². The van der Waals surface area contributed by atoms with Gasteiger partial charge in [0.1, 0.15) is 29.0 Å². The molecule has 0 heterocycles. The van der Waals surface area contributed by atoms with Crippen molar-refractivity contribution in [3.8, 4) is 106 Å². The highest BCUT2D eigenvalue weighted by molar-refractivity contribution is 6.39. The monoisotopic (exact) mass is 1400 g/mol. The maximum atomic E-state index is 17.6. The zero-order chi connectivity index (χ0) is 65.7. The lowest BCUT2D eigenvalue weighted by Gasteiger charge is -2.26. The fourth-order valence-electron chi connectivity index (χ4n) is 11.3. The maximum Gasteiger partial charge on any atom is 0.417 e. The quantitative estimate of drug-likeness (QED) is 0.124. The minimum absolute atomic E-state index is 0.0179. The molecule has 10 aromatic carbocycles. The van der Waals surface area contributed by atoms with Crippen molar-refractivity contribution in [2.45, 2.75) is 46.2 Å². The fraction of sp³-hybridized carbons (Fsp3) is 0.118. The van der Waals surface area contributed by atoms with E-state index >= 15 is 43.9 Å². The molecule has 0 radical (unpaired) electrons. The second-order valence-corrected chi connectivity index (χ2v) is 24.0. The number of hydrogen-bond acceptors (Lipinski definition) is 1. The van der Waals surface area contributed by atoms with E-state index < -0.39 is 108 Å². The van der Waals surface area contributed by atoms with Gasteiger partial charge in [0.25, 0.3) is 0 Å². The molecule has 0 fully saturated rings. The maximum absolute atomic E-state index is 17.6. The van der Waals surface area contributed by atoms with E-state index in [1.54, 1.807) is 32.0 Å². The van der Waals surface area contributed by atoms with Crippen LogP contribution in [0.3, 0.4) is 0 Å². The zero-order valence-electron chi connectivity index (χ0n) is 46.5. The Labute approximate surface area is 546 Å². The summed E-state index contributed by atoms with van der Waals surface area (Å²) in [5.74, 6) is -5.26. The highest BCUT2D eigenvalue weighted by atomic mass is 35.5. The topological polar surface area (TPSA) is 9.23 Å². The molecule has 0 saturated carbocycles. The zero-order valence-corrected chi connectivity index (χ0v) is 52.6. The summed E-state index contributed by atoms with van der Waals surface area (Å²) in [6.07, 6.45) is -16.3. The Hall–Kier alpha value is -6.59. The fourth-order valence-corrected chi connectivity index (χ4v) is 13.5. The molecule has 0 amide bonds. The van der Waals surface area contributed by atoms with Crippen molar-refractivity contribution in [3.63, 3.8) is 0 Å². The van der Waals surface area contributed by atoms with Crippen LogP contribution < -0.4 is 4.74 Å². The van der Waals surface area contributed by atoms with Gasteiger partial charge in [0, 0.05) is 86.3 Å². The van der Waals surface area contributed by atoms with E-state index in [1.807, 2.05) is 0 Å². The van der Waals surface area contributed by atoms with Gasteiger partial charge in [-0.1, -0.05) is 153 Å². The van der Waals surface area contributed by atoms with Crippen molar-refractivity contribution in [1.29, 1.82) is 0 Å². The number of rotatable bonds is 10. The largest absolute Gasteiger partial charge is 0.496 e. The normalized spacial score (nSPS) is 12.1. The molecule has 0 aliphatic carbocycles. The standard InChI is InChI=1S/C68H37Cl8F13O/c1-28-9-11-42(57-47(66(81,82)83)19-15-40(59(57)68(87,88)89)46-27-45(39-12-10-33(69)26-51(39)74)64(79)55(65(46)80)32-23-34(70)25-35(71)24-32)56(62(28)77)37-18-22-52(90-5)54(30(37)3)38-13-14-41(60(75)31(38)4)36-16-20-49(72)53(29(36)2)44-17-21-50(73)58(63(44)78)43-7-6-8-48(61(43)76)67(84,85)86/h6-27H,1-5H3. The van der Waals surface area contributed by atoms with Gasteiger partial charge in [-0.15, -0.1) is 0 Å². The van der Waals surface area contributed by atoms with Gasteiger partial charge >= 0.3 is 18.5 Å². The lowest BCUT2D eigenvalue weighted by Crippen LogP contribution is -2.17. The summed E-state index contributed by atoms with van der Waals surface area (Å²) in [7, 11) is 1.28. The van der Waals surface area contributed by atoms with Crippen molar-refractivity contribution in [2.75, 3.05) is 7.11 Å². The summed E-state index contributed by atoms with van der Waals surface area (Å²) >= 11 is 52.0. The Morgan fingerprint density at radius 3 is 1.46 bits per heavy atom. The van der Waals surface area contributed by atoms with Gasteiger partial charge in [-0.05, 0) is 156 Å².